The Kier molecular flexibility index (Phi) is 9.06. The van der Waals surface area contributed by atoms with Crippen LogP contribution in [0.5, 0.6) is 0 Å². The van der Waals surface area contributed by atoms with E-state index in [4.69, 9.17) is 0 Å². The molecule has 4 fully saturated rings. The maximum atomic E-state index is 11.8. The van der Waals surface area contributed by atoms with Gasteiger partial charge in [0.15, 0.2) is 0 Å². The van der Waals surface area contributed by atoms with Crippen molar-refractivity contribution in [3.8, 4) is 0 Å². The molecular formula is C33H60O2. The van der Waals surface area contributed by atoms with Gasteiger partial charge in [-0.15, -0.1) is 0 Å². The van der Waals surface area contributed by atoms with Crippen LogP contribution in [0.25, 0.3) is 0 Å². The van der Waals surface area contributed by atoms with E-state index in [1.165, 1.54) is 89.9 Å². The maximum Gasteiger partial charge on any atom is 0.0601 e. The summed E-state index contributed by atoms with van der Waals surface area (Å²) in [5.41, 5.74) is 0.295. The van der Waals surface area contributed by atoms with Gasteiger partial charge in [0.1, 0.15) is 0 Å². The molecule has 0 radical (unpaired) electrons. The Hall–Kier alpha value is -0.0800. The van der Waals surface area contributed by atoms with Crippen LogP contribution in [0.2, 0.25) is 0 Å². The van der Waals surface area contributed by atoms with Gasteiger partial charge in [-0.1, -0.05) is 106 Å². The minimum atomic E-state index is -0.204. The van der Waals surface area contributed by atoms with Crippen molar-refractivity contribution in [2.24, 2.45) is 58.2 Å². The minimum absolute atomic E-state index is 0.148. The second-order valence-corrected chi connectivity index (χ2v) is 15.9. The van der Waals surface area contributed by atoms with E-state index in [2.05, 4.69) is 41.5 Å². The number of aliphatic hydroxyl groups is 2. The quantitative estimate of drug-likeness (QED) is 0.416. The van der Waals surface area contributed by atoms with E-state index in [0.717, 1.165) is 30.1 Å². The fourth-order valence-electron chi connectivity index (χ4n) is 9.41. The van der Waals surface area contributed by atoms with Crippen molar-refractivity contribution in [1.82, 2.24) is 0 Å². The van der Waals surface area contributed by atoms with E-state index in [1.807, 2.05) is 0 Å². The van der Waals surface area contributed by atoms with Crippen molar-refractivity contribution >= 4 is 0 Å². The largest absolute Gasteiger partial charge is 0.393 e. The standard InChI is InChI=1S/C33H60O2/c1-32(2,3)28-20-24(22-13-9-7-10-14-22)17-26(30(28)34)19-27-18-25(23-15-11-8-12-16-23)21-29(31(27)35)33(4,5)6/h22-31,34-35H,7-21H2,1-6H3. The van der Waals surface area contributed by atoms with Crippen molar-refractivity contribution in [2.45, 2.75) is 150 Å². The summed E-state index contributed by atoms with van der Waals surface area (Å²) in [6.07, 6.45) is 19.6. The summed E-state index contributed by atoms with van der Waals surface area (Å²) in [7, 11) is 0. The highest BCUT2D eigenvalue weighted by Crippen LogP contribution is 2.53. The van der Waals surface area contributed by atoms with Gasteiger partial charge in [0.25, 0.3) is 0 Å². The van der Waals surface area contributed by atoms with E-state index in [9.17, 15) is 10.2 Å². The van der Waals surface area contributed by atoms with Gasteiger partial charge < -0.3 is 10.2 Å². The molecule has 2 nitrogen and oxygen atoms in total. The van der Waals surface area contributed by atoms with Gasteiger partial charge in [-0.25, -0.2) is 0 Å². The first kappa shape index (κ1) is 27.9. The Morgan fingerprint density at radius 1 is 0.486 bits per heavy atom. The van der Waals surface area contributed by atoms with Crippen molar-refractivity contribution < 1.29 is 10.2 Å². The summed E-state index contributed by atoms with van der Waals surface area (Å²) in [5.74, 6) is 4.82. The van der Waals surface area contributed by atoms with Gasteiger partial charge in [-0.05, 0) is 90.3 Å². The first-order chi connectivity index (χ1) is 16.4. The lowest BCUT2D eigenvalue weighted by atomic mass is 9.56. The average molecular weight is 489 g/mol. The van der Waals surface area contributed by atoms with Crippen LogP contribution in [0.3, 0.4) is 0 Å². The lowest BCUT2D eigenvalue weighted by Gasteiger charge is -2.51. The molecule has 35 heavy (non-hydrogen) atoms. The van der Waals surface area contributed by atoms with Gasteiger partial charge in [0, 0.05) is 0 Å². The van der Waals surface area contributed by atoms with Gasteiger partial charge >= 0.3 is 0 Å². The molecule has 8 unspecified atom stereocenters. The Morgan fingerprint density at radius 3 is 1.14 bits per heavy atom. The molecule has 0 saturated heterocycles. The molecule has 0 spiro atoms. The number of aliphatic hydroxyl groups excluding tert-OH is 2. The van der Waals surface area contributed by atoms with Crippen LogP contribution >= 0.6 is 0 Å². The highest BCUT2D eigenvalue weighted by molar-refractivity contribution is 4.98. The van der Waals surface area contributed by atoms with Crippen molar-refractivity contribution in [3.05, 3.63) is 0 Å². The molecule has 4 aliphatic carbocycles. The molecule has 2 N–H and O–H groups in total. The molecule has 0 aliphatic heterocycles. The molecule has 4 aliphatic rings. The first-order valence-electron chi connectivity index (χ1n) is 15.8. The molecule has 2 heteroatoms. The Balaban J connectivity index is 1.54. The van der Waals surface area contributed by atoms with Crippen molar-refractivity contribution in [3.63, 3.8) is 0 Å². The third-order valence-electron chi connectivity index (χ3n) is 11.6. The zero-order valence-electron chi connectivity index (χ0n) is 24.3. The smallest absolute Gasteiger partial charge is 0.0601 e. The Labute approximate surface area is 218 Å². The van der Waals surface area contributed by atoms with E-state index in [0.29, 0.717) is 23.7 Å². The minimum Gasteiger partial charge on any atom is -0.393 e. The van der Waals surface area contributed by atoms with Gasteiger partial charge in [0.2, 0.25) is 0 Å². The van der Waals surface area contributed by atoms with Gasteiger partial charge in [-0.3, -0.25) is 0 Å². The lowest BCUT2D eigenvalue weighted by molar-refractivity contribution is -0.0996. The summed E-state index contributed by atoms with van der Waals surface area (Å²) < 4.78 is 0. The SMILES string of the molecule is CC(C)(C)C1CC(C2CCCCC2)CC(CC2CC(C3CCCCC3)CC(C(C)(C)C)C2O)C1O. The molecule has 0 aromatic carbocycles. The fourth-order valence-corrected chi connectivity index (χ4v) is 9.41. The molecule has 0 bridgehead atoms. The Morgan fingerprint density at radius 2 is 0.829 bits per heavy atom. The van der Waals surface area contributed by atoms with Gasteiger partial charge in [0.05, 0.1) is 12.2 Å². The summed E-state index contributed by atoms with van der Waals surface area (Å²) in [4.78, 5) is 0. The van der Waals surface area contributed by atoms with Crippen molar-refractivity contribution in [2.75, 3.05) is 0 Å². The molecule has 4 rings (SSSR count). The van der Waals surface area contributed by atoms with Crippen LogP contribution in [0.4, 0.5) is 0 Å². The van der Waals surface area contributed by atoms with Crippen LogP contribution in [-0.2, 0) is 0 Å². The Bertz CT molecular complexity index is 589. The van der Waals surface area contributed by atoms with E-state index < -0.39 is 0 Å². The van der Waals surface area contributed by atoms with Crippen LogP contribution in [0.1, 0.15) is 138 Å². The fraction of sp³-hybridized carbons (Fsp3) is 1.00. The highest BCUT2D eigenvalue weighted by atomic mass is 16.3. The van der Waals surface area contributed by atoms with Crippen LogP contribution in [-0.4, -0.2) is 22.4 Å². The number of hydrogen-bond donors (Lipinski definition) is 2. The molecule has 8 atom stereocenters. The van der Waals surface area contributed by atoms with Crippen molar-refractivity contribution in [1.29, 1.82) is 0 Å². The third kappa shape index (κ3) is 6.68. The number of rotatable bonds is 4. The summed E-state index contributed by atoms with van der Waals surface area (Å²) in [6.45, 7) is 14.1. The second kappa shape index (κ2) is 11.3. The predicted octanol–water partition coefficient (Wildman–Crippen LogP) is 8.64. The molecular weight excluding hydrogens is 428 g/mol. The highest BCUT2D eigenvalue weighted by Gasteiger charge is 2.48. The van der Waals surface area contributed by atoms with E-state index in [-0.39, 0.29) is 23.0 Å². The topological polar surface area (TPSA) is 40.5 Å². The summed E-state index contributed by atoms with van der Waals surface area (Å²) in [6, 6.07) is 0. The summed E-state index contributed by atoms with van der Waals surface area (Å²) in [5, 5.41) is 23.5. The van der Waals surface area contributed by atoms with E-state index >= 15 is 0 Å². The van der Waals surface area contributed by atoms with Gasteiger partial charge in [-0.2, -0.15) is 0 Å². The molecule has 0 amide bonds. The molecule has 0 heterocycles. The monoisotopic (exact) mass is 488 g/mol. The molecule has 0 aromatic heterocycles. The van der Waals surface area contributed by atoms with Crippen LogP contribution in [0, 0.1) is 58.2 Å². The van der Waals surface area contributed by atoms with E-state index in [1.54, 1.807) is 0 Å². The molecule has 0 aromatic rings. The predicted molar refractivity (Wildman–Crippen MR) is 148 cm³/mol. The second-order valence-electron chi connectivity index (χ2n) is 15.9. The average Bonchev–Trinajstić information content (AvgIpc) is 2.81. The number of hydrogen-bond acceptors (Lipinski definition) is 2. The van der Waals surface area contributed by atoms with Crippen LogP contribution in [0.15, 0.2) is 0 Å². The normalized spacial score (nSPS) is 41.1. The lowest BCUT2D eigenvalue weighted by Crippen LogP contribution is -2.49. The third-order valence-corrected chi connectivity index (χ3v) is 11.6. The zero-order chi connectivity index (χ0) is 25.4. The molecule has 4 saturated carbocycles. The first-order valence-corrected chi connectivity index (χ1v) is 15.8. The zero-order valence-corrected chi connectivity index (χ0v) is 24.3. The molecule has 204 valence electrons. The maximum absolute atomic E-state index is 11.8. The van der Waals surface area contributed by atoms with Crippen LogP contribution < -0.4 is 0 Å². The summed E-state index contributed by atoms with van der Waals surface area (Å²) >= 11 is 0.